The maximum Gasteiger partial charge on any atom is 0.187 e. The number of pyridine rings is 1. The zero-order valence-electron chi connectivity index (χ0n) is 18.8. The summed E-state index contributed by atoms with van der Waals surface area (Å²) in [5.41, 5.74) is 2.88. The smallest absolute Gasteiger partial charge is 0.187 e. The van der Waals surface area contributed by atoms with Crippen LogP contribution < -0.4 is 23.8 Å². The molecule has 0 saturated carbocycles. The minimum Gasteiger partial charge on any atom is -0.497 e. The van der Waals surface area contributed by atoms with Crippen molar-refractivity contribution in [1.82, 2.24) is 9.97 Å². The molecule has 0 atom stereocenters. The van der Waals surface area contributed by atoms with Crippen LogP contribution in [0.3, 0.4) is 0 Å². The molecule has 4 rings (SSSR count). The summed E-state index contributed by atoms with van der Waals surface area (Å²) in [6.45, 7) is 1.15. The summed E-state index contributed by atoms with van der Waals surface area (Å²) in [5, 5.41) is 0.870. The summed E-state index contributed by atoms with van der Waals surface area (Å²) < 4.78 is 24.0. The van der Waals surface area contributed by atoms with E-state index in [0.717, 1.165) is 53.9 Å². The predicted octanol–water partition coefficient (Wildman–Crippen LogP) is 5.70. The van der Waals surface area contributed by atoms with Gasteiger partial charge in [-0.15, -0.1) is 0 Å². The van der Waals surface area contributed by atoms with Gasteiger partial charge in [-0.3, -0.25) is 4.98 Å². The number of anilines is 1. The zero-order chi connectivity index (χ0) is 23.4. The third-order valence-electron chi connectivity index (χ3n) is 5.23. The van der Waals surface area contributed by atoms with Gasteiger partial charge in [0.15, 0.2) is 5.13 Å². The average Bonchev–Trinajstić information content (AvgIpc) is 3.29. The summed E-state index contributed by atoms with van der Waals surface area (Å²) in [6.07, 6.45) is 3.56. The molecule has 2 aromatic heterocycles. The van der Waals surface area contributed by atoms with Gasteiger partial charge in [0, 0.05) is 42.5 Å². The highest BCUT2D eigenvalue weighted by molar-refractivity contribution is 9.10. The highest BCUT2D eigenvalue weighted by atomic mass is 79.9. The van der Waals surface area contributed by atoms with Crippen molar-refractivity contribution in [2.75, 3.05) is 33.3 Å². The Morgan fingerprint density at radius 2 is 1.39 bits per heavy atom. The predicted molar refractivity (Wildman–Crippen MR) is 134 cm³/mol. The van der Waals surface area contributed by atoms with Gasteiger partial charge in [-0.05, 0) is 40.2 Å². The van der Waals surface area contributed by atoms with Crippen molar-refractivity contribution in [3.05, 3.63) is 64.4 Å². The van der Waals surface area contributed by atoms with Crippen LogP contribution in [0.25, 0.3) is 10.2 Å². The first-order valence-electron chi connectivity index (χ1n) is 10.1. The van der Waals surface area contributed by atoms with Gasteiger partial charge in [-0.25, -0.2) is 4.98 Å². The number of nitrogens with zero attached hydrogens (tertiary/aromatic N) is 3. The van der Waals surface area contributed by atoms with Crippen molar-refractivity contribution < 1.29 is 18.9 Å². The van der Waals surface area contributed by atoms with E-state index in [2.05, 4.69) is 25.8 Å². The molecule has 7 nitrogen and oxygen atoms in total. The van der Waals surface area contributed by atoms with Crippen molar-refractivity contribution >= 4 is 42.6 Å². The van der Waals surface area contributed by atoms with Gasteiger partial charge in [0.2, 0.25) is 0 Å². The van der Waals surface area contributed by atoms with Gasteiger partial charge in [0.1, 0.15) is 28.5 Å². The van der Waals surface area contributed by atoms with Crippen LogP contribution in [0.2, 0.25) is 0 Å². The second kappa shape index (κ2) is 10.3. The lowest BCUT2D eigenvalue weighted by atomic mass is 10.1. The van der Waals surface area contributed by atoms with E-state index in [1.165, 1.54) is 0 Å². The lowest BCUT2D eigenvalue weighted by molar-refractivity contribution is 0.389. The molecule has 4 aromatic rings. The minimum absolute atomic E-state index is 0.577. The van der Waals surface area contributed by atoms with E-state index in [9.17, 15) is 0 Å². The number of halogens is 1. The van der Waals surface area contributed by atoms with E-state index in [1.54, 1.807) is 52.2 Å². The molecular formula is C24H24BrN3O4S. The van der Waals surface area contributed by atoms with Crippen LogP contribution in [-0.2, 0) is 13.1 Å². The molecule has 172 valence electrons. The SMILES string of the molecule is COc1ccc(CN(Cc2ccc(OC)cc2OC)c2nc3cncc(Br)c3s2)c(OC)c1. The highest BCUT2D eigenvalue weighted by Gasteiger charge is 2.19. The maximum atomic E-state index is 5.65. The van der Waals surface area contributed by atoms with Crippen molar-refractivity contribution in [2.24, 2.45) is 0 Å². The molecule has 0 aliphatic heterocycles. The topological polar surface area (TPSA) is 65.9 Å². The lowest BCUT2D eigenvalue weighted by Gasteiger charge is -2.24. The van der Waals surface area contributed by atoms with E-state index >= 15 is 0 Å². The van der Waals surface area contributed by atoms with Gasteiger partial charge in [-0.2, -0.15) is 0 Å². The number of ether oxygens (including phenoxy) is 4. The first-order chi connectivity index (χ1) is 16.1. The van der Waals surface area contributed by atoms with Crippen LogP contribution in [-0.4, -0.2) is 38.4 Å². The van der Waals surface area contributed by atoms with Crippen LogP contribution >= 0.6 is 27.3 Å². The molecule has 0 N–H and O–H groups in total. The van der Waals surface area contributed by atoms with E-state index in [4.69, 9.17) is 23.9 Å². The van der Waals surface area contributed by atoms with E-state index in [0.29, 0.717) is 13.1 Å². The molecule has 0 amide bonds. The maximum absolute atomic E-state index is 5.65. The molecular weight excluding hydrogens is 506 g/mol. The fourth-order valence-corrected chi connectivity index (χ4v) is 5.02. The summed E-state index contributed by atoms with van der Waals surface area (Å²) in [4.78, 5) is 11.3. The molecule has 0 fully saturated rings. The number of aromatic nitrogens is 2. The van der Waals surface area contributed by atoms with Crippen molar-refractivity contribution in [1.29, 1.82) is 0 Å². The minimum atomic E-state index is 0.577. The Labute approximate surface area is 205 Å². The summed E-state index contributed by atoms with van der Waals surface area (Å²) in [5.74, 6) is 3.00. The average molecular weight is 530 g/mol. The molecule has 0 unspecified atom stereocenters. The summed E-state index contributed by atoms with van der Waals surface area (Å²) in [6, 6.07) is 11.7. The van der Waals surface area contributed by atoms with Gasteiger partial charge in [0.25, 0.3) is 0 Å². The van der Waals surface area contributed by atoms with Gasteiger partial charge in [0.05, 0.1) is 43.8 Å². The molecule has 2 heterocycles. The lowest BCUT2D eigenvalue weighted by Crippen LogP contribution is -2.22. The molecule has 0 spiro atoms. The van der Waals surface area contributed by atoms with E-state index in [1.807, 2.05) is 36.4 Å². The van der Waals surface area contributed by atoms with Crippen LogP contribution in [0, 0.1) is 0 Å². The molecule has 0 aliphatic carbocycles. The van der Waals surface area contributed by atoms with Gasteiger partial charge < -0.3 is 23.8 Å². The fourth-order valence-electron chi connectivity index (χ4n) is 3.51. The van der Waals surface area contributed by atoms with Crippen LogP contribution in [0.15, 0.2) is 53.3 Å². The van der Waals surface area contributed by atoms with Crippen LogP contribution in [0.5, 0.6) is 23.0 Å². The molecule has 0 aliphatic rings. The van der Waals surface area contributed by atoms with Crippen molar-refractivity contribution in [2.45, 2.75) is 13.1 Å². The fraction of sp³-hybridized carbons (Fsp3) is 0.250. The second-order valence-corrected chi connectivity index (χ2v) is 9.01. The molecule has 9 heteroatoms. The Morgan fingerprint density at radius 1 is 0.818 bits per heavy atom. The number of fused-ring (bicyclic) bond motifs is 1. The summed E-state index contributed by atoms with van der Waals surface area (Å²) >= 11 is 5.20. The normalized spacial score (nSPS) is 10.8. The van der Waals surface area contributed by atoms with Gasteiger partial charge in [-0.1, -0.05) is 11.3 Å². The first-order valence-corrected chi connectivity index (χ1v) is 11.7. The monoisotopic (exact) mass is 529 g/mol. The number of hydrogen-bond donors (Lipinski definition) is 0. The van der Waals surface area contributed by atoms with Crippen molar-refractivity contribution in [3.8, 4) is 23.0 Å². The Kier molecular flexibility index (Phi) is 7.20. The molecule has 0 bridgehead atoms. The molecule has 0 radical (unpaired) electrons. The number of thiazole rings is 1. The zero-order valence-corrected chi connectivity index (χ0v) is 21.2. The van der Waals surface area contributed by atoms with Crippen molar-refractivity contribution in [3.63, 3.8) is 0 Å². The standard InChI is InChI=1S/C24H24BrN3O4S/c1-29-17-7-5-15(21(9-17)31-3)13-28(14-16-6-8-18(30-2)10-22(16)32-4)24-27-20-12-26-11-19(25)23(20)33-24/h5-12H,13-14H2,1-4H3. The third kappa shape index (κ3) is 4.99. The Bertz CT molecular complexity index is 1210. The molecule has 33 heavy (non-hydrogen) atoms. The second-order valence-electron chi connectivity index (χ2n) is 7.18. The van der Waals surface area contributed by atoms with E-state index < -0.39 is 0 Å². The van der Waals surface area contributed by atoms with E-state index in [-0.39, 0.29) is 0 Å². The number of hydrogen-bond acceptors (Lipinski definition) is 8. The van der Waals surface area contributed by atoms with Crippen LogP contribution in [0.1, 0.15) is 11.1 Å². The number of benzene rings is 2. The Morgan fingerprint density at radius 3 is 1.88 bits per heavy atom. The largest absolute Gasteiger partial charge is 0.497 e. The van der Waals surface area contributed by atoms with Gasteiger partial charge >= 0.3 is 0 Å². The summed E-state index contributed by atoms with van der Waals surface area (Å²) in [7, 11) is 6.61. The third-order valence-corrected chi connectivity index (χ3v) is 7.25. The molecule has 2 aromatic carbocycles. The molecule has 0 saturated heterocycles. The Hall–Kier alpha value is -3.04. The Balaban J connectivity index is 1.76. The quantitative estimate of drug-likeness (QED) is 0.275. The highest BCUT2D eigenvalue weighted by Crippen LogP contribution is 2.37. The number of methoxy groups -OCH3 is 4. The number of rotatable bonds is 9. The van der Waals surface area contributed by atoms with Crippen LogP contribution in [0.4, 0.5) is 5.13 Å². The first kappa shape index (κ1) is 23.1.